The molecule has 126 valence electrons. The molecule has 0 atom stereocenters. The Bertz CT molecular complexity index is 567. The Morgan fingerprint density at radius 1 is 1.00 bits per heavy atom. The Morgan fingerprint density at radius 2 is 1.57 bits per heavy atom. The second kappa shape index (κ2) is 7.16. The van der Waals surface area contributed by atoms with Crippen LogP contribution in [0.1, 0.15) is 57.1 Å². The fourth-order valence-corrected chi connectivity index (χ4v) is 3.00. The molecular weight excluding hydrogens is 288 g/mol. The van der Waals surface area contributed by atoms with Gasteiger partial charge in [0.25, 0.3) is 0 Å². The van der Waals surface area contributed by atoms with E-state index in [1.807, 2.05) is 32.0 Å². The van der Waals surface area contributed by atoms with Gasteiger partial charge in [-0.15, -0.1) is 0 Å². The lowest BCUT2D eigenvalue weighted by Crippen LogP contribution is -2.49. The molecule has 0 saturated heterocycles. The summed E-state index contributed by atoms with van der Waals surface area (Å²) < 4.78 is 0. The lowest BCUT2D eigenvalue weighted by Gasteiger charge is -2.29. The number of rotatable bonds is 4. The van der Waals surface area contributed by atoms with Crippen LogP contribution in [0.3, 0.4) is 0 Å². The summed E-state index contributed by atoms with van der Waals surface area (Å²) in [6.45, 7) is 7.29. The predicted molar refractivity (Wildman–Crippen MR) is 93.3 cm³/mol. The topological polar surface area (TPSA) is 58.2 Å². The van der Waals surface area contributed by atoms with E-state index in [4.69, 9.17) is 0 Å². The third-order valence-corrected chi connectivity index (χ3v) is 4.80. The van der Waals surface area contributed by atoms with Gasteiger partial charge >= 0.3 is 0 Å². The van der Waals surface area contributed by atoms with Gasteiger partial charge < -0.3 is 10.6 Å². The number of para-hydroxylation sites is 1. The second-order valence-corrected chi connectivity index (χ2v) is 7.15. The second-order valence-electron chi connectivity index (χ2n) is 7.15. The first-order valence-electron chi connectivity index (χ1n) is 8.51. The summed E-state index contributed by atoms with van der Waals surface area (Å²) >= 11 is 0. The molecule has 1 aromatic rings. The van der Waals surface area contributed by atoms with Gasteiger partial charge in [0.1, 0.15) is 5.41 Å². The highest BCUT2D eigenvalue weighted by atomic mass is 16.2. The summed E-state index contributed by atoms with van der Waals surface area (Å²) in [5.41, 5.74) is 1.71. The van der Waals surface area contributed by atoms with Crippen LogP contribution < -0.4 is 10.6 Å². The molecule has 4 heteroatoms. The van der Waals surface area contributed by atoms with Crippen molar-refractivity contribution in [3.63, 3.8) is 0 Å². The summed E-state index contributed by atoms with van der Waals surface area (Å²) in [5, 5.41) is 5.99. The Kier molecular flexibility index (Phi) is 5.45. The van der Waals surface area contributed by atoms with E-state index in [-0.39, 0.29) is 17.9 Å². The minimum Gasteiger partial charge on any atom is -0.352 e. The van der Waals surface area contributed by atoms with Gasteiger partial charge in [0.05, 0.1) is 0 Å². The van der Waals surface area contributed by atoms with Gasteiger partial charge in [0.15, 0.2) is 0 Å². The normalized spacial score (nSPS) is 16.0. The van der Waals surface area contributed by atoms with E-state index in [1.54, 1.807) is 13.8 Å². The number of anilines is 1. The fourth-order valence-electron chi connectivity index (χ4n) is 3.00. The molecule has 2 N–H and O–H groups in total. The minimum absolute atomic E-state index is 0.187. The molecule has 0 radical (unpaired) electrons. The van der Waals surface area contributed by atoms with Crippen LogP contribution in [0.25, 0.3) is 0 Å². The van der Waals surface area contributed by atoms with Crippen LogP contribution in [0.15, 0.2) is 18.2 Å². The summed E-state index contributed by atoms with van der Waals surface area (Å²) in [4.78, 5) is 25.2. The van der Waals surface area contributed by atoms with Crippen LogP contribution in [-0.2, 0) is 9.59 Å². The maximum atomic E-state index is 12.6. The lowest BCUT2D eigenvalue weighted by atomic mass is 9.88. The number of benzene rings is 1. The quantitative estimate of drug-likeness (QED) is 0.832. The van der Waals surface area contributed by atoms with E-state index in [0.29, 0.717) is 0 Å². The molecule has 2 amide bonds. The van der Waals surface area contributed by atoms with Crippen molar-refractivity contribution in [3.05, 3.63) is 29.3 Å². The molecule has 1 aliphatic rings. The van der Waals surface area contributed by atoms with Crippen LogP contribution in [0.5, 0.6) is 0 Å². The van der Waals surface area contributed by atoms with Crippen molar-refractivity contribution in [3.8, 4) is 0 Å². The van der Waals surface area contributed by atoms with E-state index in [0.717, 1.165) is 42.5 Å². The lowest BCUT2D eigenvalue weighted by molar-refractivity contribution is -0.139. The van der Waals surface area contributed by atoms with Crippen molar-refractivity contribution in [2.24, 2.45) is 5.41 Å². The smallest absolute Gasteiger partial charge is 0.239 e. The number of amides is 2. The van der Waals surface area contributed by atoms with Gasteiger partial charge in [-0.25, -0.2) is 0 Å². The first kappa shape index (κ1) is 17.5. The standard InChI is InChI=1S/C19H28N2O2/c1-13-9-8-10-14(2)16(13)21-18(23)19(3,4)17(22)20-15-11-6-5-7-12-15/h8-10,15H,5-7,11-12H2,1-4H3,(H,20,22)(H,21,23). The fraction of sp³-hybridized carbons (Fsp3) is 0.579. The highest BCUT2D eigenvalue weighted by molar-refractivity contribution is 6.10. The molecule has 1 aromatic carbocycles. The number of aryl methyl sites for hydroxylation is 2. The number of nitrogens with one attached hydrogen (secondary N) is 2. The van der Waals surface area contributed by atoms with Crippen molar-refractivity contribution < 1.29 is 9.59 Å². The van der Waals surface area contributed by atoms with Crippen molar-refractivity contribution in [2.75, 3.05) is 5.32 Å². The molecule has 0 unspecified atom stereocenters. The van der Waals surface area contributed by atoms with Crippen LogP contribution in [0.2, 0.25) is 0 Å². The number of hydrogen-bond donors (Lipinski definition) is 2. The number of carbonyl (C=O) groups is 2. The van der Waals surface area contributed by atoms with Crippen LogP contribution in [-0.4, -0.2) is 17.9 Å². The van der Waals surface area contributed by atoms with Gasteiger partial charge in [-0.3, -0.25) is 9.59 Å². The molecule has 0 bridgehead atoms. The molecule has 0 heterocycles. The van der Waals surface area contributed by atoms with Crippen LogP contribution in [0.4, 0.5) is 5.69 Å². The molecule has 23 heavy (non-hydrogen) atoms. The molecule has 1 fully saturated rings. The Hall–Kier alpha value is -1.84. The van der Waals surface area contributed by atoms with Gasteiger partial charge in [-0.05, 0) is 51.7 Å². The molecule has 2 rings (SSSR count). The summed E-state index contributed by atoms with van der Waals surface area (Å²) in [7, 11) is 0. The minimum atomic E-state index is -1.09. The number of hydrogen-bond acceptors (Lipinski definition) is 2. The van der Waals surface area contributed by atoms with E-state index in [2.05, 4.69) is 10.6 Å². The Morgan fingerprint density at radius 3 is 2.13 bits per heavy atom. The highest BCUT2D eigenvalue weighted by Crippen LogP contribution is 2.25. The molecule has 4 nitrogen and oxygen atoms in total. The van der Waals surface area contributed by atoms with Crippen LogP contribution >= 0.6 is 0 Å². The average Bonchev–Trinajstić information content (AvgIpc) is 2.51. The van der Waals surface area contributed by atoms with Crippen molar-refractivity contribution in [1.29, 1.82) is 0 Å². The van der Waals surface area contributed by atoms with Crippen LogP contribution in [0, 0.1) is 19.3 Å². The third kappa shape index (κ3) is 4.12. The van der Waals surface area contributed by atoms with Crippen molar-refractivity contribution >= 4 is 17.5 Å². The molecule has 1 aliphatic carbocycles. The average molecular weight is 316 g/mol. The summed E-state index contributed by atoms with van der Waals surface area (Å²) in [5.74, 6) is -0.448. The SMILES string of the molecule is Cc1cccc(C)c1NC(=O)C(C)(C)C(=O)NC1CCCCC1. The monoisotopic (exact) mass is 316 g/mol. The predicted octanol–water partition coefficient (Wildman–Crippen LogP) is 3.72. The zero-order valence-electron chi connectivity index (χ0n) is 14.7. The van der Waals surface area contributed by atoms with E-state index >= 15 is 0 Å². The van der Waals surface area contributed by atoms with Crippen molar-refractivity contribution in [1.82, 2.24) is 5.32 Å². The zero-order valence-corrected chi connectivity index (χ0v) is 14.7. The molecular formula is C19H28N2O2. The summed E-state index contributed by atoms with van der Waals surface area (Å²) in [6, 6.07) is 6.08. The largest absolute Gasteiger partial charge is 0.352 e. The Balaban J connectivity index is 2.05. The molecule has 1 saturated carbocycles. The van der Waals surface area contributed by atoms with E-state index < -0.39 is 5.41 Å². The molecule has 0 spiro atoms. The highest BCUT2D eigenvalue weighted by Gasteiger charge is 2.37. The summed E-state index contributed by atoms with van der Waals surface area (Å²) in [6.07, 6.45) is 5.57. The van der Waals surface area contributed by atoms with Gasteiger partial charge in [0.2, 0.25) is 11.8 Å². The van der Waals surface area contributed by atoms with Gasteiger partial charge in [-0.2, -0.15) is 0 Å². The first-order chi connectivity index (χ1) is 10.8. The third-order valence-electron chi connectivity index (χ3n) is 4.80. The van der Waals surface area contributed by atoms with Gasteiger partial charge in [-0.1, -0.05) is 37.5 Å². The first-order valence-corrected chi connectivity index (χ1v) is 8.51. The number of carbonyl (C=O) groups excluding carboxylic acids is 2. The van der Waals surface area contributed by atoms with E-state index in [1.165, 1.54) is 6.42 Å². The van der Waals surface area contributed by atoms with Crippen molar-refractivity contribution in [2.45, 2.75) is 65.8 Å². The maximum Gasteiger partial charge on any atom is 0.239 e. The molecule has 0 aliphatic heterocycles. The maximum absolute atomic E-state index is 12.6. The van der Waals surface area contributed by atoms with Gasteiger partial charge in [0, 0.05) is 11.7 Å². The molecule has 0 aromatic heterocycles. The zero-order chi connectivity index (χ0) is 17.0. The Labute approximate surface area is 139 Å². The van der Waals surface area contributed by atoms with E-state index in [9.17, 15) is 9.59 Å².